The Morgan fingerprint density at radius 3 is 2.40 bits per heavy atom. The summed E-state index contributed by atoms with van der Waals surface area (Å²) in [5.41, 5.74) is 6.71. The zero-order valence-corrected chi connectivity index (χ0v) is 8.93. The van der Waals surface area contributed by atoms with E-state index in [1.54, 1.807) is 6.07 Å². The molecule has 2 N–H and O–H groups in total. The number of halogens is 2. The largest absolute Gasteiger partial charge is 0.327 e. The third-order valence-corrected chi connectivity index (χ3v) is 3.69. The van der Waals surface area contributed by atoms with Gasteiger partial charge in [-0.25, -0.2) is 8.78 Å². The lowest BCUT2D eigenvalue weighted by Crippen LogP contribution is -2.52. The number of nitrogens with two attached hydrogens (primary N) is 1. The van der Waals surface area contributed by atoms with Crippen molar-refractivity contribution in [3.8, 4) is 0 Å². The van der Waals surface area contributed by atoms with Crippen molar-refractivity contribution >= 4 is 0 Å². The fourth-order valence-electron chi connectivity index (χ4n) is 2.25. The summed E-state index contributed by atoms with van der Waals surface area (Å²) in [7, 11) is 0. The van der Waals surface area contributed by atoms with Gasteiger partial charge in [0.2, 0.25) is 0 Å². The van der Waals surface area contributed by atoms with Gasteiger partial charge >= 0.3 is 0 Å². The van der Waals surface area contributed by atoms with E-state index in [2.05, 4.69) is 13.8 Å². The van der Waals surface area contributed by atoms with Crippen LogP contribution in [0.25, 0.3) is 0 Å². The van der Waals surface area contributed by atoms with Gasteiger partial charge in [-0.3, -0.25) is 0 Å². The first-order chi connectivity index (χ1) is 6.93. The first-order valence-electron chi connectivity index (χ1n) is 5.13. The number of hydrogen-bond donors (Lipinski definition) is 1. The molecule has 15 heavy (non-hydrogen) atoms. The van der Waals surface area contributed by atoms with Crippen molar-refractivity contribution in [2.24, 2.45) is 11.1 Å². The van der Waals surface area contributed by atoms with Gasteiger partial charge in [-0.1, -0.05) is 19.9 Å². The van der Waals surface area contributed by atoms with E-state index in [4.69, 9.17) is 5.73 Å². The molecule has 1 saturated carbocycles. The fourth-order valence-corrected chi connectivity index (χ4v) is 2.25. The number of hydrogen-bond acceptors (Lipinski definition) is 1. The summed E-state index contributed by atoms with van der Waals surface area (Å²) in [6.45, 7) is 4.13. The molecule has 0 aliphatic heterocycles. The Hall–Kier alpha value is -0.960. The lowest BCUT2D eigenvalue weighted by atomic mass is 9.57. The average Bonchev–Trinajstić information content (AvgIpc) is 2.19. The van der Waals surface area contributed by atoms with E-state index in [0.29, 0.717) is 0 Å². The first kappa shape index (κ1) is 10.6. The van der Waals surface area contributed by atoms with Crippen LogP contribution in [0.3, 0.4) is 0 Å². The quantitative estimate of drug-likeness (QED) is 0.759. The fraction of sp³-hybridized carbons (Fsp3) is 0.500. The van der Waals surface area contributed by atoms with Crippen LogP contribution in [0, 0.1) is 17.0 Å². The van der Waals surface area contributed by atoms with E-state index in [9.17, 15) is 8.78 Å². The molecule has 0 saturated heterocycles. The van der Waals surface area contributed by atoms with Crippen LogP contribution in [0.4, 0.5) is 8.78 Å². The maximum Gasteiger partial charge on any atom is 0.159 e. The van der Waals surface area contributed by atoms with Crippen LogP contribution < -0.4 is 5.73 Å². The summed E-state index contributed by atoms with van der Waals surface area (Å²) < 4.78 is 25.8. The van der Waals surface area contributed by atoms with E-state index in [1.165, 1.54) is 12.1 Å². The highest BCUT2D eigenvalue weighted by Gasteiger charge is 2.46. The maximum atomic E-state index is 13.0. The summed E-state index contributed by atoms with van der Waals surface area (Å²) in [6, 6.07) is 4.27. The lowest BCUT2D eigenvalue weighted by Gasteiger charge is -2.50. The standard InChI is InChI=1S/C12H15F2N/c1-12(2)8(6-11(12)15)7-3-4-9(13)10(14)5-7/h3-5,8,11H,6,15H2,1-2H3. The van der Waals surface area contributed by atoms with E-state index in [0.717, 1.165) is 12.0 Å². The second kappa shape index (κ2) is 3.27. The van der Waals surface area contributed by atoms with Gasteiger partial charge in [0.1, 0.15) is 0 Å². The molecule has 0 heterocycles. The van der Waals surface area contributed by atoms with Crippen LogP contribution in [0.2, 0.25) is 0 Å². The Balaban J connectivity index is 2.29. The summed E-state index contributed by atoms with van der Waals surface area (Å²) in [6.07, 6.45) is 0.845. The Labute approximate surface area is 88.3 Å². The highest BCUT2D eigenvalue weighted by Crippen LogP contribution is 2.51. The maximum absolute atomic E-state index is 13.0. The van der Waals surface area contributed by atoms with E-state index < -0.39 is 11.6 Å². The number of benzene rings is 1. The molecular formula is C12H15F2N. The van der Waals surface area contributed by atoms with Crippen molar-refractivity contribution in [1.82, 2.24) is 0 Å². The highest BCUT2D eigenvalue weighted by molar-refractivity contribution is 5.28. The molecule has 1 nitrogen and oxygen atoms in total. The molecule has 0 bridgehead atoms. The molecule has 2 unspecified atom stereocenters. The van der Waals surface area contributed by atoms with Crippen molar-refractivity contribution in [3.63, 3.8) is 0 Å². The zero-order chi connectivity index (χ0) is 11.2. The van der Waals surface area contributed by atoms with Crippen molar-refractivity contribution in [1.29, 1.82) is 0 Å². The molecule has 3 heteroatoms. The Morgan fingerprint density at radius 1 is 1.27 bits per heavy atom. The normalized spacial score (nSPS) is 28.6. The monoisotopic (exact) mass is 211 g/mol. The van der Waals surface area contributed by atoms with Crippen molar-refractivity contribution in [2.45, 2.75) is 32.2 Å². The Morgan fingerprint density at radius 2 is 1.93 bits per heavy atom. The Bertz CT molecular complexity index is 387. The van der Waals surface area contributed by atoms with Gasteiger partial charge in [-0.05, 0) is 35.4 Å². The number of rotatable bonds is 1. The van der Waals surface area contributed by atoms with Crippen molar-refractivity contribution in [3.05, 3.63) is 35.4 Å². The topological polar surface area (TPSA) is 26.0 Å². The molecule has 0 aromatic heterocycles. The summed E-state index contributed by atoms with van der Waals surface area (Å²) >= 11 is 0. The van der Waals surface area contributed by atoms with Crippen LogP contribution in [0.1, 0.15) is 31.7 Å². The minimum atomic E-state index is -0.792. The third kappa shape index (κ3) is 1.55. The minimum Gasteiger partial charge on any atom is -0.327 e. The SMILES string of the molecule is CC1(C)C(N)CC1c1ccc(F)c(F)c1. The molecule has 2 atom stereocenters. The van der Waals surface area contributed by atoms with Gasteiger partial charge in [0.25, 0.3) is 0 Å². The van der Waals surface area contributed by atoms with E-state index in [-0.39, 0.29) is 17.4 Å². The third-order valence-electron chi connectivity index (χ3n) is 3.69. The minimum absolute atomic E-state index is 0.0235. The van der Waals surface area contributed by atoms with Crippen LogP contribution in [-0.4, -0.2) is 6.04 Å². The second-order valence-corrected chi connectivity index (χ2v) is 4.89. The van der Waals surface area contributed by atoms with Crippen molar-refractivity contribution in [2.75, 3.05) is 0 Å². The molecule has 1 aromatic carbocycles. The van der Waals surface area contributed by atoms with Crippen LogP contribution in [0.5, 0.6) is 0 Å². The molecule has 1 fully saturated rings. The van der Waals surface area contributed by atoms with Gasteiger partial charge < -0.3 is 5.73 Å². The highest BCUT2D eigenvalue weighted by atomic mass is 19.2. The predicted octanol–water partition coefficient (Wildman–Crippen LogP) is 2.81. The van der Waals surface area contributed by atoms with Gasteiger partial charge in [-0.15, -0.1) is 0 Å². The zero-order valence-electron chi connectivity index (χ0n) is 8.93. The van der Waals surface area contributed by atoms with Gasteiger partial charge in [0, 0.05) is 6.04 Å². The summed E-state index contributed by atoms with van der Waals surface area (Å²) in [5.74, 6) is -1.33. The van der Waals surface area contributed by atoms with Gasteiger partial charge in [0.05, 0.1) is 0 Å². The Kier molecular flexibility index (Phi) is 2.30. The molecule has 82 valence electrons. The first-order valence-corrected chi connectivity index (χ1v) is 5.13. The molecule has 1 aliphatic carbocycles. The van der Waals surface area contributed by atoms with Gasteiger partial charge in [0.15, 0.2) is 11.6 Å². The van der Waals surface area contributed by atoms with Gasteiger partial charge in [-0.2, -0.15) is 0 Å². The van der Waals surface area contributed by atoms with E-state index in [1.807, 2.05) is 0 Å². The van der Waals surface area contributed by atoms with E-state index >= 15 is 0 Å². The molecule has 0 radical (unpaired) electrons. The molecular weight excluding hydrogens is 196 g/mol. The summed E-state index contributed by atoms with van der Waals surface area (Å²) in [5, 5.41) is 0. The molecule has 0 amide bonds. The summed E-state index contributed by atoms with van der Waals surface area (Å²) in [4.78, 5) is 0. The predicted molar refractivity (Wildman–Crippen MR) is 55.5 cm³/mol. The van der Waals surface area contributed by atoms with Crippen LogP contribution in [0.15, 0.2) is 18.2 Å². The lowest BCUT2D eigenvalue weighted by molar-refractivity contribution is 0.0981. The molecule has 2 rings (SSSR count). The average molecular weight is 211 g/mol. The van der Waals surface area contributed by atoms with Crippen LogP contribution >= 0.6 is 0 Å². The van der Waals surface area contributed by atoms with Crippen molar-refractivity contribution < 1.29 is 8.78 Å². The second-order valence-electron chi connectivity index (χ2n) is 4.89. The molecule has 1 aliphatic rings. The van der Waals surface area contributed by atoms with Crippen LogP contribution in [-0.2, 0) is 0 Å². The smallest absolute Gasteiger partial charge is 0.159 e. The molecule has 1 aromatic rings. The molecule has 0 spiro atoms.